The van der Waals surface area contributed by atoms with E-state index in [4.69, 9.17) is 11.6 Å². The minimum atomic E-state index is -0.0539. The number of amides is 2. The fourth-order valence-electron chi connectivity index (χ4n) is 2.39. The molecule has 0 saturated heterocycles. The van der Waals surface area contributed by atoms with Gasteiger partial charge in [0.15, 0.2) is 0 Å². The lowest BCUT2D eigenvalue weighted by molar-refractivity contribution is -0.121. The van der Waals surface area contributed by atoms with E-state index in [2.05, 4.69) is 10.6 Å². The average Bonchev–Trinajstić information content (AvgIpc) is 2.62. The fraction of sp³-hybridized carbons (Fsp3) is 0.333. The Bertz CT molecular complexity index is 725. The number of benzene rings is 2. The van der Waals surface area contributed by atoms with Crippen molar-refractivity contribution in [3.8, 4) is 0 Å². The lowest BCUT2D eigenvalue weighted by atomic mass is 10.1. The van der Waals surface area contributed by atoms with Gasteiger partial charge in [-0.05, 0) is 48.2 Å². The number of hydrogen-bond acceptors (Lipinski definition) is 2. The zero-order valence-electron chi connectivity index (χ0n) is 15.2. The van der Waals surface area contributed by atoms with Gasteiger partial charge in [-0.3, -0.25) is 9.59 Å². The maximum atomic E-state index is 12.0. The first-order chi connectivity index (χ1) is 12.4. The number of carbonyl (C=O) groups excluding carboxylic acids is 2. The van der Waals surface area contributed by atoms with Gasteiger partial charge in [0.1, 0.15) is 0 Å². The molecule has 0 atom stereocenters. The molecule has 0 heterocycles. The van der Waals surface area contributed by atoms with Crippen LogP contribution in [0.3, 0.4) is 0 Å². The maximum Gasteiger partial charge on any atom is 0.226 e. The fourth-order valence-corrected chi connectivity index (χ4v) is 2.51. The quantitative estimate of drug-likeness (QED) is 0.712. The standard InChI is InChI=1S/C21H25ClN2O2/c1-15(2)21(26)24-19-12-8-17(9-13-19)14-23-20(25)5-3-4-16-6-10-18(22)11-7-16/h6-13,15H,3-5,14H2,1-2H3,(H,23,25)(H,24,26). The minimum Gasteiger partial charge on any atom is -0.352 e. The van der Waals surface area contributed by atoms with Gasteiger partial charge in [0.25, 0.3) is 0 Å². The van der Waals surface area contributed by atoms with Crippen LogP contribution in [0.25, 0.3) is 0 Å². The number of aryl methyl sites for hydroxylation is 1. The van der Waals surface area contributed by atoms with E-state index in [-0.39, 0.29) is 17.7 Å². The van der Waals surface area contributed by atoms with Gasteiger partial charge in [0.05, 0.1) is 0 Å². The third-order valence-corrected chi connectivity index (χ3v) is 4.27. The SMILES string of the molecule is CC(C)C(=O)Nc1ccc(CNC(=O)CCCc2ccc(Cl)cc2)cc1. The molecule has 2 amide bonds. The zero-order chi connectivity index (χ0) is 18.9. The summed E-state index contributed by atoms with van der Waals surface area (Å²) in [5, 5.41) is 6.49. The maximum absolute atomic E-state index is 12.0. The van der Waals surface area contributed by atoms with E-state index in [1.165, 1.54) is 5.56 Å². The predicted octanol–water partition coefficient (Wildman–Crippen LogP) is 4.57. The summed E-state index contributed by atoms with van der Waals surface area (Å²) in [6.07, 6.45) is 2.15. The summed E-state index contributed by atoms with van der Waals surface area (Å²) in [5.74, 6) is -0.0234. The molecule has 4 nitrogen and oxygen atoms in total. The largest absolute Gasteiger partial charge is 0.352 e. The third kappa shape index (κ3) is 6.89. The van der Waals surface area contributed by atoms with Gasteiger partial charge in [-0.1, -0.05) is 49.7 Å². The average molecular weight is 373 g/mol. The first-order valence-corrected chi connectivity index (χ1v) is 9.23. The van der Waals surface area contributed by atoms with Crippen molar-refractivity contribution in [2.75, 3.05) is 5.32 Å². The Morgan fingerprint density at radius 1 is 0.962 bits per heavy atom. The van der Waals surface area contributed by atoms with Crippen LogP contribution in [0, 0.1) is 5.92 Å². The molecule has 0 aliphatic rings. The van der Waals surface area contributed by atoms with Gasteiger partial charge in [0, 0.05) is 29.6 Å². The Labute approximate surface area is 159 Å². The van der Waals surface area contributed by atoms with Crippen molar-refractivity contribution in [2.24, 2.45) is 5.92 Å². The van der Waals surface area contributed by atoms with Crippen molar-refractivity contribution in [3.63, 3.8) is 0 Å². The second kappa shape index (κ2) is 9.97. The van der Waals surface area contributed by atoms with Crippen LogP contribution >= 0.6 is 11.6 Å². The van der Waals surface area contributed by atoms with E-state index < -0.39 is 0 Å². The van der Waals surface area contributed by atoms with E-state index in [0.29, 0.717) is 13.0 Å². The Morgan fingerprint density at radius 3 is 2.19 bits per heavy atom. The molecule has 0 aliphatic carbocycles. The number of nitrogens with one attached hydrogen (secondary N) is 2. The molecule has 0 spiro atoms. The zero-order valence-corrected chi connectivity index (χ0v) is 16.0. The van der Waals surface area contributed by atoms with Crippen LogP contribution in [-0.4, -0.2) is 11.8 Å². The summed E-state index contributed by atoms with van der Waals surface area (Å²) in [7, 11) is 0. The molecule has 0 aliphatic heterocycles. The van der Waals surface area contributed by atoms with E-state index in [1.54, 1.807) is 0 Å². The Balaban J connectivity index is 1.70. The molecular weight excluding hydrogens is 348 g/mol. The Hall–Kier alpha value is -2.33. The summed E-state index contributed by atoms with van der Waals surface area (Å²) in [5.41, 5.74) is 2.95. The highest BCUT2D eigenvalue weighted by Gasteiger charge is 2.07. The monoisotopic (exact) mass is 372 g/mol. The highest BCUT2D eigenvalue weighted by Crippen LogP contribution is 2.12. The van der Waals surface area contributed by atoms with E-state index in [9.17, 15) is 9.59 Å². The lowest BCUT2D eigenvalue weighted by Crippen LogP contribution is -2.22. The van der Waals surface area contributed by atoms with Crippen molar-refractivity contribution < 1.29 is 9.59 Å². The molecule has 2 aromatic rings. The molecule has 0 aromatic heterocycles. The molecule has 2 rings (SSSR count). The minimum absolute atomic E-state index is 0.00765. The highest BCUT2D eigenvalue weighted by molar-refractivity contribution is 6.30. The van der Waals surface area contributed by atoms with E-state index in [0.717, 1.165) is 29.1 Å². The second-order valence-electron chi connectivity index (χ2n) is 6.60. The molecule has 138 valence electrons. The molecule has 0 fully saturated rings. The molecule has 0 saturated carbocycles. The summed E-state index contributed by atoms with van der Waals surface area (Å²) in [4.78, 5) is 23.6. The summed E-state index contributed by atoms with van der Waals surface area (Å²) in [6, 6.07) is 15.2. The first-order valence-electron chi connectivity index (χ1n) is 8.85. The van der Waals surface area contributed by atoms with Crippen molar-refractivity contribution in [1.29, 1.82) is 0 Å². The first kappa shape index (κ1) is 20.0. The van der Waals surface area contributed by atoms with Gasteiger partial charge >= 0.3 is 0 Å². The van der Waals surface area contributed by atoms with Crippen molar-refractivity contribution in [3.05, 3.63) is 64.7 Å². The number of carbonyl (C=O) groups is 2. The number of halogens is 1. The smallest absolute Gasteiger partial charge is 0.226 e. The van der Waals surface area contributed by atoms with Gasteiger partial charge < -0.3 is 10.6 Å². The summed E-state index contributed by atoms with van der Waals surface area (Å²) < 4.78 is 0. The Kier molecular flexibility index (Phi) is 7.67. The van der Waals surface area contributed by atoms with Crippen LogP contribution in [-0.2, 0) is 22.6 Å². The summed E-state index contributed by atoms with van der Waals surface area (Å²) >= 11 is 5.86. The van der Waals surface area contributed by atoms with Gasteiger partial charge in [-0.15, -0.1) is 0 Å². The molecule has 5 heteroatoms. The second-order valence-corrected chi connectivity index (χ2v) is 7.03. The van der Waals surface area contributed by atoms with E-state index >= 15 is 0 Å². The number of hydrogen-bond donors (Lipinski definition) is 2. The molecule has 26 heavy (non-hydrogen) atoms. The number of anilines is 1. The van der Waals surface area contributed by atoms with Crippen molar-refractivity contribution >= 4 is 29.1 Å². The van der Waals surface area contributed by atoms with Gasteiger partial charge in [-0.25, -0.2) is 0 Å². The van der Waals surface area contributed by atoms with Crippen LogP contribution < -0.4 is 10.6 Å². The lowest BCUT2D eigenvalue weighted by Gasteiger charge is -2.09. The van der Waals surface area contributed by atoms with Crippen molar-refractivity contribution in [1.82, 2.24) is 5.32 Å². The van der Waals surface area contributed by atoms with E-state index in [1.807, 2.05) is 62.4 Å². The van der Waals surface area contributed by atoms with Gasteiger partial charge in [-0.2, -0.15) is 0 Å². The third-order valence-electron chi connectivity index (χ3n) is 4.02. The highest BCUT2D eigenvalue weighted by atomic mass is 35.5. The number of rotatable bonds is 8. The van der Waals surface area contributed by atoms with Gasteiger partial charge in [0.2, 0.25) is 11.8 Å². The van der Waals surface area contributed by atoms with Crippen molar-refractivity contribution in [2.45, 2.75) is 39.7 Å². The van der Waals surface area contributed by atoms with Crippen LogP contribution in [0.4, 0.5) is 5.69 Å². The van der Waals surface area contributed by atoms with Crippen LogP contribution in [0.15, 0.2) is 48.5 Å². The normalized spacial score (nSPS) is 10.6. The predicted molar refractivity (Wildman–Crippen MR) is 106 cm³/mol. The Morgan fingerprint density at radius 2 is 1.58 bits per heavy atom. The molecule has 0 unspecified atom stereocenters. The molecular formula is C21H25ClN2O2. The van der Waals surface area contributed by atoms with Crippen LogP contribution in [0.1, 0.15) is 37.8 Å². The molecule has 0 bridgehead atoms. The van der Waals surface area contributed by atoms with Crippen LogP contribution in [0.2, 0.25) is 5.02 Å². The molecule has 2 N–H and O–H groups in total. The topological polar surface area (TPSA) is 58.2 Å². The molecule has 0 radical (unpaired) electrons. The molecule has 2 aromatic carbocycles. The summed E-state index contributed by atoms with van der Waals surface area (Å²) in [6.45, 7) is 4.19. The van der Waals surface area contributed by atoms with Crippen LogP contribution in [0.5, 0.6) is 0 Å².